The van der Waals surface area contributed by atoms with Crippen molar-refractivity contribution in [3.63, 3.8) is 0 Å². The van der Waals surface area contributed by atoms with Gasteiger partial charge >= 0.3 is 0 Å². The van der Waals surface area contributed by atoms with Crippen molar-refractivity contribution in [1.29, 1.82) is 0 Å². The number of hydrogen-bond acceptors (Lipinski definition) is 2. The van der Waals surface area contributed by atoms with E-state index in [0.29, 0.717) is 10.6 Å². The summed E-state index contributed by atoms with van der Waals surface area (Å²) in [6, 6.07) is 9.91. The van der Waals surface area contributed by atoms with Crippen LogP contribution in [0.2, 0.25) is 0 Å². The Balaban J connectivity index is 2.19. The number of hydrogen-bond donors (Lipinski definition) is 1. The van der Waals surface area contributed by atoms with Crippen LogP contribution in [0.15, 0.2) is 48.8 Å². The minimum absolute atomic E-state index is 0.277. The van der Waals surface area contributed by atoms with Crippen LogP contribution in [0.3, 0.4) is 0 Å². The molecule has 0 spiro atoms. The molecule has 0 fully saturated rings. The van der Waals surface area contributed by atoms with Gasteiger partial charge in [0.15, 0.2) is 5.82 Å². The third-order valence-corrected chi connectivity index (χ3v) is 2.84. The van der Waals surface area contributed by atoms with Gasteiger partial charge in [0, 0.05) is 18.0 Å². The van der Waals surface area contributed by atoms with E-state index in [-0.39, 0.29) is 5.82 Å². The fraction of sp³-hybridized carbons (Fsp3) is 0. The lowest BCUT2D eigenvalue weighted by Crippen LogP contribution is -2.08. The number of benzene rings is 1. The maximum atomic E-state index is 12.9. The molecule has 0 aliphatic rings. The van der Waals surface area contributed by atoms with E-state index in [2.05, 4.69) is 10.2 Å². The summed E-state index contributed by atoms with van der Waals surface area (Å²) in [7, 11) is 0. The smallest absolute Gasteiger partial charge is 0.215 e. The first-order valence-corrected chi connectivity index (χ1v) is 5.73. The molecule has 0 amide bonds. The van der Waals surface area contributed by atoms with Gasteiger partial charge in [0.05, 0.1) is 0 Å². The maximum Gasteiger partial charge on any atom is 0.215 e. The zero-order chi connectivity index (χ0) is 12.5. The molecule has 0 aliphatic heterocycles. The third kappa shape index (κ3) is 1.76. The quantitative estimate of drug-likeness (QED) is 0.719. The Hall–Kier alpha value is -2.21. The highest BCUT2D eigenvalue weighted by atomic mass is 32.1. The van der Waals surface area contributed by atoms with Crippen LogP contribution in [0.25, 0.3) is 11.4 Å². The molecule has 0 radical (unpaired) electrons. The third-order valence-electron chi connectivity index (χ3n) is 2.57. The molecular weight excluding hydrogens is 251 g/mol. The van der Waals surface area contributed by atoms with E-state index in [1.165, 1.54) is 12.1 Å². The summed E-state index contributed by atoms with van der Waals surface area (Å²) < 4.78 is 16.9. The molecule has 1 N–H and O–H groups in total. The summed E-state index contributed by atoms with van der Waals surface area (Å²) in [4.78, 5) is 0. The summed E-state index contributed by atoms with van der Waals surface area (Å²) in [5.74, 6) is 0.358. The molecule has 0 unspecified atom stereocenters. The Morgan fingerprint density at radius 2 is 1.78 bits per heavy atom. The normalized spacial score (nSPS) is 10.7. The van der Waals surface area contributed by atoms with E-state index >= 15 is 0 Å². The average Bonchev–Trinajstić information content (AvgIpc) is 2.99. The summed E-state index contributed by atoms with van der Waals surface area (Å²) in [5, 5.41) is 6.91. The van der Waals surface area contributed by atoms with Crippen molar-refractivity contribution in [2.24, 2.45) is 0 Å². The zero-order valence-electron chi connectivity index (χ0n) is 9.25. The van der Waals surface area contributed by atoms with Gasteiger partial charge in [-0.3, -0.25) is 4.68 Å². The number of H-pyrrole nitrogens is 1. The molecule has 3 aromatic rings. The highest BCUT2D eigenvalue weighted by Crippen LogP contribution is 2.17. The zero-order valence-corrected chi connectivity index (χ0v) is 10.1. The SMILES string of the molecule is Fc1ccc(-c2n[nH]c(=S)n2-n2cccc2)cc1. The Morgan fingerprint density at radius 3 is 2.44 bits per heavy atom. The minimum Gasteiger partial charge on any atom is -0.260 e. The predicted octanol–water partition coefficient (Wildman–Crippen LogP) is 2.86. The largest absolute Gasteiger partial charge is 0.260 e. The van der Waals surface area contributed by atoms with Crippen LogP contribution in [-0.2, 0) is 0 Å². The number of aromatic nitrogens is 4. The molecular formula is C12H9FN4S. The van der Waals surface area contributed by atoms with E-state index in [9.17, 15) is 4.39 Å². The highest BCUT2D eigenvalue weighted by molar-refractivity contribution is 7.71. The van der Waals surface area contributed by atoms with Crippen LogP contribution in [0.5, 0.6) is 0 Å². The van der Waals surface area contributed by atoms with E-state index in [1.54, 1.807) is 16.8 Å². The van der Waals surface area contributed by atoms with Crippen molar-refractivity contribution < 1.29 is 4.39 Å². The lowest BCUT2D eigenvalue weighted by atomic mass is 10.2. The van der Waals surface area contributed by atoms with Gasteiger partial charge < -0.3 is 0 Å². The average molecular weight is 260 g/mol. The van der Waals surface area contributed by atoms with Gasteiger partial charge in [-0.25, -0.2) is 14.2 Å². The molecule has 0 saturated carbocycles. The van der Waals surface area contributed by atoms with Gasteiger partial charge in [0.25, 0.3) is 0 Å². The van der Waals surface area contributed by atoms with Gasteiger partial charge in [0.1, 0.15) is 5.82 Å². The summed E-state index contributed by atoms with van der Waals surface area (Å²) in [5.41, 5.74) is 0.789. The summed E-state index contributed by atoms with van der Waals surface area (Å²) in [6.45, 7) is 0. The van der Waals surface area contributed by atoms with Crippen molar-refractivity contribution in [3.8, 4) is 11.4 Å². The number of nitrogens with zero attached hydrogens (tertiary/aromatic N) is 3. The van der Waals surface area contributed by atoms with Gasteiger partial charge in [0.2, 0.25) is 4.77 Å². The molecule has 90 valence electrons. The van der Waals surface area contributed by atoms with E-state index in [4.69, 9.17) is 12.2 Å². The molecule has 0 bridgehead atoms. The van der Waals surface area contributed by atoms with Gasteiger partial charge in [-0.15, -0.1) is 0 Å². The maximum absolute atomic E-state index is 12.9. The molecule has 0 aliphatic carbocycles. The molecule has 1 aromatic carbocycles. The van der Waals surface area contributed by atoms with Crippen molar-refractivity contribution in [3.05, 3.63) is 59.4 Å². The standard InChI is InChI=1S/C12H9FN4S/c13-10-5-3-9(4-6-10)11-14-15-12(18)17(11)16-7-1-2-8-16/h1-8H,(H,15,18). The number of aromatic amines is 1. The van der Waals surface area contributed by atoms with Crippen molar-refractivity contribution in [1.82, 2.24) is 19.5 Å². The van der Waals surface area contributed by atoms with Gasteiger partial charge in [-0.05, 0) is 48.6 Å². The molecule has 0 saturated heterocycles. The van der Waals surface area contributed by atoms with E-state index in [0.717, 1.165) is 5.56 Å². The van der Waals surface area contributed by atoms with Crippen molar-refractivity contribution >= 4 is 12.2 Å². The first-order chi connectivity index (χ1) is 8.75. The number of rotatable bonds is 2. The summed E-state index contributed by atoms with van der Waals surface area (Å²) in [6.07, 6.45) is 3.72. The lowest BCUT2D eigenvalue weighted by Gasteiger charge is -2.07. The molecule has 2 heterocycles. The number of nitrogens with one attached hydrogen (secondary N) is 1. The fourth-order valence-electron chi connectivity index (χ4n) is 1.75. The van der Waals surface area contributed by atoms with Crippen LogP contribution in [0.1, 0.15) is 0 Å². The Kier molecular flexibility index (Phi) is 2.56. The monoisotopic (exact) mass is 260 g/mol. The Labute approximate surface area is 107 Å². The molecule has 2 aromatic heterocycles. The van der Waals surface area contributed by atoms with Crippen molar-refractivity contribution in [2.45, 2.75) is 0 Å². The van der Waals surface area contributed by atoms with Crippen LogP contribution in [-0.4, -0.2) is 19.5 Å². The second-order valence-electron chi connectivity index (χ2n) is 3.73. The lowest BCUT2D eigenvalue weighted by molar-refractivity contribution is 0.627. The first-order valence-electron chi connectivity index (χ1n) is 5.33. The highest BCUT2D eigenvalue weighted by Gasteiger charge is 2.09. The van der Waals surface area contributed by atoms with E-state index in [1.807, 2.05) is 29.2 Å². The van der Waals surface area contributed by atoms with Gasteiger partial charge in [-0.1, -0.05) is 0 Å². The Bertz CT molecular complexity index is 709. The van der Waals surface area contributed by atoms with Crippen LogP contribution < -0.4 is 0 Å². The van der Waals surface area contributed by atoms with Crippen LogP contribution in [0, 0.1) is 10.6 Å². The molecule has 3 rings (SSSR count). The number of halogens is 1. The molecule has 18 heavy (non-hydrogen) atoms. The molecule has 4 nitrogen and oxygen atoms in total. The van der Waals surface area contributed by atoms with Crippen LogP contribution >= 0.6 is 12.2 Å². The first kappa shape index (κ1) is 10.9. The second kappa shape index (κ2) is 4.23. The summed E-state index contributed by atoms with van der Waals surface area (Å²) >= 11 is 5.20. The molecule has 0 atom stereocenters. The van der Waals surface area contributed by atoms with E-state index < -0.39 is 0 Å². The van der Waals surface area contributed by atoms with Crippen molar-refractivity contribution in [2.75, 3.05) is 0 Å². The predicted molar refractivity (Wildman–Crippen MR) is 68.0 cm³/mol. The Morgan fingerprint density at radius 1 is 1.11 bits per heavy atom. The van der Waals surface area contributed by atoms with Gasteiger partial charge in [-0.2, -0.15) is 5.10 Å². The minimum atomic E-state index is -0.277. The molecule has 6 heteroatoms. The topological polar surface area (TPSA) is 38.5 Å². The second-order valence-corrected chi connectivity index (χ2v) is 4.12. The fourth-order valence-corrected chi connectivity index (χ4v) is 1.98. The van der Waals surface area contributed by atoms with Crippen LogP contribution in [0.4, 0.5) is 4.39 Å².